The molecule has 0 saturated heterocycles. The Morgan fingerprint density at radius 2 is 2.17 bits per heavy atom. The summed E-state index contributed by atoms with van der Waals surface area (Å²) in [6.07, 6.45) is 2.01. The van der Waals surface area contributed by atoms with Crippen LogP contribution in [0, 0.1) is 17.2 Å². The van der Waals surface area contributed by atoms with Gasteiger partial charge in [-0.15, -0.1) is 11.8 Å². The summed E-state index contributed by atoms with van der Waals surface area (Å²) in [4.78, 5) is 15.2. The minimum absolute atomic E-state index is 0.0418. The van der Waals surface area contributed by atoms with Crippen LogP contribution in [-0.4, -0.2) is 43.3 Å². The molecule has 1 amide bonds. The van der Waals surface area contributed by atoms with Crippen LogP contribution in [0.25, 0.3) is 0 Å². The van der Waals surface area contributed by atoms with Crippen LogP contribution in [0.1, 0.15) is 26.3 Å². The fourth-order valence-electron chi connectivity index (χ4n) is 2.22. The van der Waals surface area contributed by atoms with Gasteiger partial charge < -0.3 is 10.1 Å². The number of methoxy groups -OCH3 is 1. The smallest absolute Gasteiger partial charge is 0.235 e. The van der Waals surface area contributed by atoms with E-state index in [2.05, 4.69) is 11.4 Å². The standard InChI is InChI=1S/C18H27N3O2S/c1-13(2)18(3,12-19)20-17(22)11-21(4)10-14-7-8-16(24-6)15(9-14)23-5/h7-9,13H,10-11H2,1-6H3,(H,20,22). The maximum atomic E-state index is 12.2. The lowest BCUT2D eigenvalue weighted by atomic mass is 9.90. The highest BCUT2D eigenvalue weighted by molar-refractivity contribution is 7.98. The average Bonchev–Trinajstić information content (AvgIpc) is 2.53. The van der Waals surface area contributed by atoms with Crippen molar-refractivity contribution in [2.75, 3.05) is 27.0 Å². The Hall–Kier alpha value is -1.71. The number of rotatable bonds is 8. The van der Waals surface area contributed by atoms with Crippen molar-refractivity contribution in [3.8, 4) is 11.8 Å². The normalized spacial score (nSPS) is 13.5. The first-order valence-electron chi connectivity index (χ1n) is 7.87. The van der Waals surface area contributed by atoms with Gasteiger partial charge >= 0.3 is 0 Å². The third-order valence-corrected chi connectivity index (χ3v) is 4.88. The second-order valence-electron chi connectivity index (χ2n) is 6.38. The molecule has 0 aliphatic rings. The van der Waals surface area contributed by atoms with Gasteiger partial charge in [0.25, 0.3) is 0 Å². The number of likely N-dealkylation sites (N-methyl/N-ethyl adjacent to an activating group) is 1. The lowest BCUT2D eigenvalue weighted by Gasteiger charge is -2.28. The first-order valence-corrected chi connectivity index (χ1v) is 9.10. The summed E-state index contributed by atoms with van der Waals surface area (Å²) in [5.41, 5.74) is 0.230. The van der Waals surface area contributed by atoms with E-state index in [0.717, 1.165) is 16.2 Å². The Bertz CT molecular complexity index is 613. The van der Waals surface area contributed by atoms with E-state index in [-0.39, 0.29) is 18.4 Å². The van der Waals surface area contributed by atoms with E-state index < -0.39 is 5.54 Å². The fourth-order valence-corrected chi connectivity index (χ4v) is 2.77. The number of nitrogens with one attached hydrogen (secondary N) is 1. The molecule has 0 heterocycles. The summed E-state index contributed by atoms with van der Waals surface area (Å²) in [7, 11) is 3.54. The van der Waals surface area contributed by atoms with Gasteiger partial charge in [0.2, 0.25) is 5.91 Å². The van der Waals surface area contributed by atoms with Gasteiger partial charge in [-0.1, -0.05) is 19.9 Å². The van der Waals surface area contributed by atoms with Crippen LogP contribution in [0.4, 0.5) is 0 Å². The van der Waals surface area contributed by atoms with E-state index >= 15 is 0 Å². The van der Waals surface area contributed by atoms with E-state index in [9.17, 15) is 10.1 Å². The Morgan fingerprint density at radius 3 is 2.67 bits per heavy atom. The van der Waals surface area contributed by atoms with Gasteiger partial charge in [0.1, 0.15) is 11.3 Å². The lowest BCUT2D eigenvalue weighted by molar-refractivity contribution is -0.123. The zero-order valence-corrected chi connectivity index (χ0v) is 16.2. The molecular weight excluding hydrogens is 322 g/mol. The van der Waals surface area contributed by atoms with Crippen molar-refractivity contribution < 1.29 is 9.53 Å². The van der Waals surface area contributed by atoms with Crippen molar-refractivity contribution in [3.63, 3.8) is 0 Å². The predicted molar refractivity (Wildman–Crippen MR) is 98.1 cm³/mol. The minimum atomic E-state index is -0.846. The first-order chi connectivity index (χ1) is 11.3. The SMILES string of the molecule is COc1cc(CN(C)CC(=O)NC(C)(C#N)C(C)C)ccc1SC. The van der Waals surface area contributed by atoms with Crippen molar-refractivity contribution in [3.05, 3.63) is 23.8 Å². The van der Waals surface area contributed by atoms with Gasteiger partial charge in [-0.2, -0.15) is 5.26 Å². The summed E-state index contributed by atoms with van der Waals surface area (Å²) >= 11 is 1.64. The van der Waals surface area contributed by atoms with Gasteiger partial charge in [0.15, 0.2) is 0 Å². The average molecular weight is 350 g/mol. The maximum Gasteiger partial charge on any atom is 0.235 e. The first kappa shape index (κ1) is 20.3. The highest BCUT2D eigenvalue weighted by Crippen LogP contribution is 2.28. The number of ether oxygens (including phenoxy) is 1. The zero-order valence-electron chi connectivity index (χ0n) is 15.3. The molecule has 0 aromatic heterocycles. The molecule has 0 fully saturated rings. The van der Waals surface area contributed by atoms with Crippen molar-refractivity contribution in [1.82, 2.24) is 10.2 Å². The Kier molecular flexibility index (Phi) is 7.59. The third-order valence-electron chi connectivity index (χ3n) is 4.10. The molecule has 1 rings (SSSR count). The van der Waals surface area contributed by atoms with Gasteiger partial charge in [0, 0.05) is 11.4 Å². The molecule has 0 saturated carbocycles. The highest BCUT2D eigenvalue weighted by Gasteiger charge is 2.30. The molecule has 0 aliphatic heterocycles. The topological polar surface area (TPSA) is 65.4 Å². The number of nitrogens with zero attached hydrogens (tertiary/aromatic N) is 2. The van der Waals surface area contributed by atoms with E-state index in [0.29, 0.717) is 6.54 Å². The van der Waals surface area contributed by atoms with Crippen LogP contribution in [0.3, 0.4) is 0 Å². The molecule has 1 N–H and O–H groups in total. The van der Waals surface area contributed by atoms with Crippen molar-refractivity contribution in [1.29, 1.82) is 5.26 Å². The van der Waals surface area contributed by atoms with Crippen LogP contribution >= 0.6 is 11.8 Å². The minimum Gasteiger partial charge on any atom is -0.496 e. The molecule has 132 valence electrons. The molecular formula is C18H27N3O2S. The Labute approximate surface area is 149 Å². The van der Waals surface area contributed by atoms with Gasteiger partial charge in [-0.05, 0) is 43.8 Å². The van der Waals surface area contributed by atoms with E-state index in [1.807, 2.05) is 50.2 Å². The molecule has 24 heavy (non-hydrogen) atoms. The number of hydrogen-bond donors (Lipinski definition) is 1. The number of nitriles is 1. The maximum absolute atomic E-state index is 12.2. The number of benzene rings is 1. The summed E-state index contributed by atoms with van der Waals surface area (Å²) in [5.74, 6) is 0.734. The molecule has 0 aliphatic carbocycles. The van der Waals surface area contributed by atoms with Gasteiger partial charge in [0.05, 0.1) is 19.7 Å². The largest absolute Gasteiger partial charge is 0.496 e. The summed E-state index contributed by atoms with van der Waals surface area (Å²) in [6, 6.07) is 8.25. The number of thioether (sulfide) groups is 1. The molecule has 0 radical (unpaired) electrons. The molecule has 1 aromatic rings. The predicted octanol–water partition coefficient (Wildman–Crippen LogP) is 2.90. The number of carbonyl (C=O) groups excluding carboxylic acids is 1. The summed E-state index contributed by atoms with van der Waals surface area (Å²) < 4.78 is 5.39. The molecule has 0 bridgehead atoms. The van der Waals surface area contributed by atoms with Crippen LogP contribution < -0.4 is 10.1 Å². The second kappa shape index (κ2) is 8.95. The van der Waals surface area contributed by atoms with Gasteiger partial charge in [-0.3, -0.25) is 9.69 Å². The van der Waals surface area contributed by atoms with E-state index in [4.69, 9.17) is 4.74 Å². The third kappa shape index (κ3) is 5.43. The van der Waals surface area contributed by atoms with Crippen LogP contribution in [0.15, 0.2) is 23.1 Å². The number of hydrogen-bond acceptors (Lipinski definition) is 5. The molecule has 6 heteroatoms. The van der Waals surface area contributed by atoms with Crippen LogP contribution in [-0.2, 0) is 11.3 Å². The quantitative estimate of drug-likeness (QED) is 0.731. The molecule has 1 atom stereocenters. The molecule has 1 unspecified atom stereocenters. The van der Waals surface area contributed by atoms with Crippen molar-refractivity contribution in [2.24, 2.45) is 5.92 Å². The van der Waals surface area contributed by atoms with Crippen molar-refractivity contribution >= 4 is 17.7 Å². The van der Waals surface area contributed by atoms with E-state index in [1.165, 1.54) is 0 Å². The lowest BCUT2D eigenvalue weighted by Crippen LogP contribution is -2.51. The van der Waals surface area contributed by atoms with Crippen molar-refractivity contribution in [2.45, 2.75) is 37.8 Å². The van der Waals surface area contributed by atoms with Crippen LogP contribution in [0.5, 0.6) is 5.75 Å². The Morgan fingerprint density at radius 1 is 1.50 bits per heavy atom. The molecule has 5 nitrogen and oxygen atoms in total. The fraction of sp³-hybridized carbons (Fsp3) is 0.556. The second-order valence-corrected chi connectivity index (χ2v) is 7.23. The van der Waals surface area contributed by atoms with Crippen LogP contribution in [0.2, 0.25) is 0 Å². The number of carbonyl (C=O) groups is 1. The van der Waals surface area contributed by atoms with E-state index in [1.54, 1.807) is 25.8 Å². The highest BCUT2D eigenvalue weighted by atomic mass is 32.2. The molecule has 1 aromatic carbocycles. The van der Waals surface area contributed by atoms with Gasteiger partial charge in [-0.25, -0.2) is 0 Å². The molecule has 0 spiro atoms. The summed E-state index contributed by atoms with van der Waals surface area (Å²) in [6.45, 7) is 6.46. The summed E-state index contributed by atoms with van der Waals surface area (Å²) in [5, 5.41) is 12.1. The number of amides is 1. The zero-order chi connectivity index (χ0) is 18.3. The Balaban J connectivity index is 2.68. The monoisotopic (exact) mass is 349 g/mol.